The van der Waals surface area contributed by atoms with Gasteiger partial charge in [0.15, 0.2) is 0 Å². The van der Waals surface area contributed by atoms with Crippen molar-refractivity contribution in [2.24, 2.45) is 0 Å². The zero-order chi connectivity index (χ0) is 17.6. The smallest absolute Gasteiger partial charge is 0.407 e. The number of carbonyl (C=O) groups excluding carboxylic acids is 1. The second-order valence-electron chi connectivity index (χ2n) is 6.22. The molecule has 0 saturated heterocycles. The van der Waals surface area contributed by atoms with Gasteiger partial charge in [0.2, 0.25) is 0 Å². The number of halogens is 2. The highest BCUT2D eigenvalue weighted by atomic mass is 79.9. The van der Waals surface area contributed by atoms with Crippen molar-refractivity contribution in [3.8, 4) is 0 Å². The second kappa shape index (κ2) is 8.29. The lowest BCUT2D eigenvalue weighted by Crippen LogP contribution is -2.40. The van der Waals surface area contributed by atoms with Gasteiger partial charge in [-0.05, 0) is 57.4 Å². The van der Waals surface area contributed by atoms with E-state index < -0.39 is 29.5 Å². The van der Waals surface area contributed by atoms with Gasteiger partial charge >= 0.3 is 12.1 Å². The van der Waals surface area contributed by atoms with Crippen LogP contribution in [0, 0.1) is 5.82 Å². The van der Waals surface area contributed by atoms with Crippen LogP contribution < -0.4 is 5.32 Å². The van der Waals surface area contributed by atoms with Crippen LogP contribution in [0.15, 0.2) is 22.7 Å². The standard InChI is InChI=1S/C16H21BrFNO4/c1-16(2,3)23-15(22)19-12(5-7-14(20)21)9-10-8-11(18)4-6-13(10)17/h4,6,8,12H,5,7,9H2,1-3H3,(H,19,22)(H,20,21). The van der Waals surface area contributed by atoms with Crippen LogP contribution in [0.2, 0.25) is 0 Å². The maximum atomic E-state index is 13.4. The van der Waals surface area contributed by atoms with E-state index >= 15 is 0 Å². The van der Waals surface area contributed by atoms with Crippen molar-refractivity contribution in [3.05, 3.63) is 34.1 Å². The summed E-state index contributed by atoms with van der Waals surface area (Å²) >= 11 is 3.33. The zero-order valence-corrected chi connectivity index (χ0v) is 14.9. The average Bonchev–Trinajstić information content (AvgIpc) is 2.38. The molecule has 1 amide bonds. The molecule has 1 unspecified atom stereocenters. The van der Waals surface area contributed by atoms with Gasteiger partial charge < -0.3 is 15.2 Å². The van der Waals surface area contributed by atoms with Crippen LogP contribution in [0.5, 0.6) is 0 Å². The van der Waals surface area contributed by atoms with Gasteiger partial charge in [0.1, 0.15) is 11.4 Å². The molecule has 1 aromatic rings. The third-order valence-corrected chi connectivity index (χ3v) is 3.68. The van der Waals surface area contributed by atoms with Gasteiger partial charge in [-0.3, -0.25) is 4.79 Å². The summed E-state index contributed by atoms with van der Waals surface area (Å²) in [6, 6.07) is 3.78. The van der Waals surface area contributed by atoms with Crippen molar-refractivity contribution in [2.75, 3.05) is 0 Å². The summed E-state index contributed by atoms with van der Waals surface area (Å²) in [7, 11) is 0. The number of amides is 1. The topological polar surface area (TPSA) is 75.6 Å². The molecular formula is C16H21BrFNO4. The van der Waals surface area contributed by atoms with Gasteiger partial charge in [-0.1, -0.05) is 15.9 Å². The summed E-state index contributed by atoms with van der Waals surface area (Å²) in [5, 5.41) is 11.5. The number of alkyl carbamates (subject to hydrolysis) is 1. The molecule has 0 spiro atoms. The fourth-order valence-electron chi connectivity index (χ4n) is 1.96. The average molecular weight is 390 g/mol. The van der Waals surface area contributed by atoms with Crippen molar-refractivity contribution in [3.63, 3.8) is 0 Å². The molecule has 0 bridgehead atoms. The molecule has 0 saturated carbocycles. The summed E-state index contributed by atoms with van der Waals surface area (Å²) in [5.74, 6) is -1.35. The van der Waals surface area contributed by atoms with E-state index in [2.05, 4.69) is 21.2 Å². The monoisotopic (exact) mass is 389 g/mol. The lowest BCUT2D eigenvalue weighted by atomic mass is 10.0. The number of ether oxygens (including phenoxy) is 1. The van der Waals surface area contributed by atoms with E-state index in [0.29, 0.717) is 16.5 Å². The first-order valence-electron chi connectivity index (χ1n) is 7.22. The van der Waals surface area contributed by atoms with E-state index in [0.717, 1.165) is 0 Å². The Balaban J connectivity index is 2.81. The molecule has 2 N–H and O–H groups in total. The van der Waals surface area contributed by atoms with E-state index in [1.165, 1.54) is 12.1 Å². The Labute approximate surface area is 143 Å². The molecule has 0 aliphatic rings. The third-order valence-electron chi connectivity index (χ3n) is 2.90. The van der Waals surface area contributed by atoms with Crippen molar-refractivity contribution >= 4 is 28.0 Å². The first-order valence-corrected chi connectivity index (χ1v) is 8.01. The Kier molecular flexibility index (Phi) is 7.00. The molecule has 0 radical (unpaired) electrons. The molecule has 1 aromatic carbocycles. The van der Waals surface area contributed by atoms with E-state index in [1.807, 2.05) is 0 Å². The Morgan fingerprint density at radius 2 is 2.04 bits per heavy atom. The lowest BCUT2D eigenvalue weighted by Gasteiger charge is -2.24. The summed E-state index contributed by atoms with van der Waals surface area (Å²) in [6.45, 7) is 5.21. The maximum absolute atomic E-state index is 13.4. The molecule has 0 aliphatic carbocycles. The van der Waals surface area contributed by atoms with Gasteiger partial charge in [-0.15, -0.1) is 0 Å². The Hall–Kier alpha value is -1.63. The fourth-order valence-corrected chi connectivity index (χ4v) is 2.37. The minimum atomic E-state index is -0.959. The quantitative estimate of drug-likeness (QED) is 0.773. The van der Waals surface area contributed by atoms with E-state index in [4.69, 9.17) is 9.84 Å². The van der Waals surface area contributed by atoms with Crippen LogP contribution in [-0.2, 0) is 16.0 Å². The second-order valence-corrected chi connectivity index (χ2v) is 7.07. The molecule has 1 atom stereocenters. The summed E-state index contributed by atoms with van der Waals surface area (Å²) in [4.78, 5) is 22.7. The highest BCUT2D eigenvalue weighted by Gasteiger charge is 2.21. The molecule has 0 fully saturated rings. The normalized spacial score (nSPS) is 12.6. The van der Waals surface area contributed by atoms with Gasteiger partial charge in [0.05, 0.1) is 0 Å². The number of rotatable bonds is 6. The molecule has 23 heavy (non-hydrogen) atoms. The molecule has 0 heterocycles. The fraction of sp³-hybridized carbons (Fsp3) is 0.500. The SMILES string of the molecule is CC(C)(C)OC(=O)NC(CCC(=O)O)Cc1cc(F)ccc1Br. The van der Waals surface area contributed by atoms with Crippen molar-refractivity contribution < 1.29 is 23.8 Å². The van der Waals surface area contributed by atoms with Crippen LogP contribution in [0.25, 0.3) is 0 Å². The van der Waals surface area contributed by atoms with Crippen molar-refractivity contribution in [1.29, 1.82) is 0 Å². The predicted octanol–water partition coefficient (Wildman–Crippen LogP) is 3.89. The first kappa shape index (κ1) is 19.4. The predicted molar refractivity (Wildman–Crippen MR) is 87.8 cm³/mol. The Bertz CT molecular complexity index is 572. The number of nitrogens with one attached hydrogen (secondary N) is 1. The number of aliphatic carboxylic acids is 1. The molecular weight excluding hydrogens is 369 g/mol. The van der Waals surface area contributed by atoms with Crippen LogP contribution in [0.1, 0.15) is 39.2 Å². The van der Waals surface area contributed by atoms with E-state index in [9.17, 15) is 14.0 Å². The van der Waals surface area contributed by atoms with Crippen LogP contribution in [0.3, 0.4) is 0 Å². The van der Waals surface area contributed by atoms with Crippen molar-refractivity contribution in [2.45, 2.75) is 51.7 Å². The lowest BCUT2D eigenvalue weighted by molar-refractivity contribution is -0.137. The molecule has 0 aromatic heterocycles. The van der Waals surface area contributed by atoms with Crippen LogP contribution in [0.4, 0.5) is 9.18 Å². The first-order chi connectivity index (χ1) is 10.6. The highest BCUT2D eigenvalue weighted by Crippen LogP contribution is 2.21. The van der Waals surface area contributed by atoms with Gasteiger partial charge in [-0.2, -0.15) is 0 Å². The number of hydrogen-bond acceptors (Lipinski definition) is 3. The molecule has 128 valence electrons. The molecule has 7 heteroatoms. The highest BCUT2D eigenvalue weighted by molar-refractivity contribution is 9.10. The van der Waals surface area contributed by atoms with Gasteiger partial charge in [-0.25, -0.2) is 9.18 Å². The number of carboxylic acids is 1. The Morgan fingerprint density at radius 3 is 2.61 bits per heavy atom. The molecule has 5 nitrogen and oxygen atoms in total. The summed E-state index contributed by atoms with van der Waals surface area (Å²) < 4.78 is 19.3. The van der Waals surface area contributed by atoms with E-state index in [1.54, 1.807) is 26.8 Å². The molecule has 0 aliphatic heterocycles. The maximum Gasteiger partial charge on any atom is 0.407 e. The van der Waals surface area contributed by atoms with Crippen LogP contribution >= 0.6 is 15.9 Å². The number of benzene rings is 1. The van der Waals surface area contributed by atoms with Gasteiger partial charge in [0.25, 0.3) is 0 Å². The zero-order valence-electron chi connectivity index (χ0n) is 13.4. The number of hydrogen-bond donors (Lipinski definition) is 2. The Morgan fingerprint density at radius 1 is 1.39 bits per heavy atom. The van der Waals surface area contributed by atoms with Crippen LogP contribution in [-0.4, -0.2) is 28.8 Å². The number of carboxylic acid groups (broad SMARTS) is 1. The molecule has 1 rings (SSSR count). The van der Waals surface area contributed by atoms with E-state index in [-0.39, 0.29) is 12.8 Å². The summed E-state index contributed by atoms with van der Waals surface area (Å²) in [5.41, 5.74) is -0.00243. The third kappa shape index (κ3) is 7.97. The van der Waals surface area contributed by atoms with Gasteiger partial charge in [0, 0.05) is 16.9 Å². The van der Waals surface area contributed by atoms with Crippen molar-refractivity contribution in [1.82, 2.24) is 5.32 Å². The minimum Gasteiger partial charge on any atom is -0.481 e. The number of carbonyl (C=O) groups is 2. The minimum absolute atomic E-state index is 0.104. The summed E-state index contributed by atoms with van der Waals surface area (Å²) in [6.07, 6.45) is -0.212. The largest absolute Gasteiger partial charge is 0.481 e.